The van der Waals surface area contributed by atoms with Crippen LogP contribution < -0.4 is 0 Å². The Hall–Kier alpha value is -0.910. The van der Waals surface area contributed by atoms with E-state index in [9.17, 15) is 0 Å². The predicted octanol–water partition coefficient (Wildman–Crippen LogP) is 2.49. The Morgan fingerprint density at radius 3 is 2.71 bits per heavy atom. The van der Waals surface area contributed by atoms with Crippen LogP contribution in [0.3, 0.4) is 0 Å². The van der Waals surface area contributed by atoms with Gasteiger partial charge in [-0.05, 0) is 54.6 Å². The van der Waals surface area contributed by atoms with Crippen LogP contribution >= 0.6 is 22.6 Å². The molecular weight excluding hydrogens is 289 g/mol. The average molecular weight is 299 g/mol. The van der Waals surface area contributed by atoms with Crippen molar-refractivity contribution in [2.24, 2.45) is 0 Å². The molecule has 0 fully saturated rings. The lowest BCUT2D eigenvalue weighted by Crippen LogP contribution is -2.03. The van der Waals surface area contributed by atoms with Gasteiger partial charge in [0.2, 0.25) is 0 Å². The number of hydrogen-bond acceptors (Lipinski definition) is 2. The highest BCUT2D eigenvalue weighted by Crippen LogP contribution is 2.15. The molecular formula is C10H10IN3. The van der Waals surface area contributed by atoms with Gasteiger partial charge in [-0.2, -0.15) is 5.10 Å². The number of halogens is 1. The smallest absolute Gasteiger partial charge is 0.167 e. The second-order valence-corrected chi connectivity index (χ2v) is 4.31. The monoisotopic (exact) mass is 299 g/mol. The summed E-state index contributed by atoms with van der Waals surface area (Å²) in [5.41, 5.74) is 2.13. The quantitative estimate of drug-likeness (QED) is 0.757. The summed E-state index contributed by atoms with van der Waals surface area (Å²) in [4.78, 5) is 4.32. The first kappa shape index (κ1) is 9.64. The number of rotatable bonds is 1. The molecule has 0 radical (unpaired) electrons. The minimum Gasteiger partial charge on any atom is -0.236 e. The van der Waals surface area contributed by atoms with Crippen LogP contribution in [0.2, 0.25) is 0 Å². The maximum Gasteiger partial charge on any atom is 0.167 e. The van der Waals surface area contributed by atoms with Gasteiger partial charge in [0, 0.05) is 11.9 Å². The molecule has 2 rings (SSSR count). The molecule has 0 N–H and O–H groups in total. The number of hydrogen-bond donors (Lipinski definition) is 0. The molecule has 2 aromatic heterocycles. The van der Waals surface area contributed by atoms with E-state index in [2.05, 4.69) is 32.7 Å². The molecule has 4 heteroatoms. The van der Waals surface area contributed by atoms with E-state index in [-0.39, 0.29) is 0 Å². The fourth-order valence-electron chi connectivity index (χ4n) is 1.38. The van der Waals surface area contributed by atoms with E-state index in [4.69, 9.17) is 0 Å². The van der Waals surface area contributed by atoms with E-state index in [1.54, 1.807) is 6.20 Å². The fraction of sp³-hybridized carbons (Fsp3) is 0.200. The Kier molecular flexibility index (Phi) is 2.54. The van der Waals surface area contributed by atoms with Crippen molar-refractivity contribution >= 4 is 22.6 Å². The van der Waals surface area contributed by atoms with E-state index in [1.165, 1.54) is 0 Å². The topological polar surface area (TPSA) is 30.7 Å². The maximum absolute atomic E-state index is 4.39. The number of aromatic nitrogens is 3. The Bertz CT molecular complexity index is 462. The Labute approximate surface area is 96.3 Å². The SMILES string of the molecule is Cc1cc(C)n(-c2ncccc2I)n1. The molecule has 0 amide bonds. The van der Waals surface area contributed by atoms with Gasteiger partial charge in [-0.15, -0.1) is 0 Å². The van der Waals surface area contributed by atoms with Gasteiger partial charge in [-0.3, -0.25) is 0 Å². The van der Waals surface area contributed by atoms with Gasteiger partial charge >= 0.3 is 0 Å². The molecule has 14 heavy (non-hydrogen) atoms. The lowest BCUT2D eigenvalue weighted by molar-refractivity contribution is 0.801. The summed E-state index contributed by atoms with van der Waals surface area (Å²) in [6, 6.07) is 6.00. The summed E-state index contributed by atoms with van der Waals surface area (Å²) in [5, 5.41) is 4.39. The van der Waals surface area contributed by atoms with Gasteiger partial charge in [0.15, 0.2) is 5.82 Å². The normalized spacial score (nSPS) is 10.5. The average Bonchev–Trinajstić information content (AvgIpc) is 2.46. The van der Waals surface area contributed by atoms with Crippen molar-refractivity contribution in [1.82, 2.24) is 14.8 Å². The largest absolute Gasteiger partial charge is 0.236 e. The van der Waals surface area contributed by atoms with Crippen LogP contribution in [0.4, 0.5) is 0 Å². The van der Waals surface area contributed by atoms with Crippen LogP contribution in [0.25, 0.3) is 5.82 Å². The molecule has 0 saturated carbocycles. The van der Waals surface area contributed by atoms with Crippen molar-refractivity contribution in [3.05, 3.63) is 39.4 Å². The second-order valence-electron chi connectivity index (χ2n) is 3.15. The van der Waals surface area contributed by atoms with Crippen molar-refractivity contribution in [2.45, 2.75) is 13.8 Å². The van der Waals surface area contributed by atoms with Crippen LogP contribution in [0, 0.1) is 17.4 Å². The van der Waals surface area contributed by atoms with E-state index in [0.717, 1.165) is 20.8 Å². The number of pyridine rings is 1. The molecule has 0 saturated heterocycles. The zero-order valence-corrected chi connectivity index (χ0v) is 10.2. The highest BCUT2D eigenvalue weighted by molar-refractivity contribution is 14.1. The van der Waals surface area contributed by atoms with Gasteiger partial charge in [0.25, 0.3) is 0 Å². The standard InChI is InChI=1S/C10H10IN3/c1-7-6-8(2)14(13-7)10-9(11)4-3-5-12-10/h3-6H,1-2H3. The Morgan fingerprint density at radius 1 is 1.36 bits per heavy atom. The van der Waals surface area contributed by atoms with E-state index in [1.807, 2.05) is 36.7 Å². The van der Waals surface area contributed by atoms with E-state index >= 15 is 0 Å². The molecule has 0 spiro atoms. The fourth-order valence-corrected chi connectivity index (χ4v) is 1.95. The molecule has 72 valence electrons. The molecule has 0 aliphatic rings. The summed E-state index contributed by atoms with van der Waals surface area (Å²) in [6.45, 7) is 4.02. The number of aryl methyl sites for hydroxylation is 2. The molecule has 2 aromatic rings. The summed E-state index contributed by atoms with van der Waals surface area (Å²) < 4.78 is 2.98. The lowest BCUT2D eigenvalue weighted by atomic mass is 10.4. The Balaban J connectivity index is 2.60. The third kappa shape index (κ3) is 1.66. The van der Waals surface area contributed by atoms with Crippen LogP contribution in [-0.4, -0.2) is 14.8 Å². The molecule has 0 bridgehead atoms. The summed E-state index contributed by atoms with van der Waals surface area (Å²) in [5.74, 6) is 0.902. The minimum atomic E-state index is 0.902. The van der Waals surface area contributed by atoms with Crippen molar-refractivity contribution < 1.29 is 0 Å². The highest BCUT2D eigenvalue weighted by Gasteiger charge is 2.07. The van der Waals surface area contributed by atoms with Crippen molar-refractivity contribution in [2.75, 3.05) is 0 Å². The molecule has 3 nitrogen and oxygen atoms in total. The first-order valence-corrected chi connectivity index (χ1v) is 5.40. The second kappa shape index (κ2) is 3.68. The molecule has 0 aromatic carbocycles. The first-order chi connectivity index (χ1) is 6.68. The van der Waals surface area contributed by atoms with Crippen LogP contribution in [0.1, 0.15) is 11.4 Å². The third-order valence-electron chi connectivity index (χ3n) is 1.95. The van der Waals surface area contributed by atoms with E-state index in [0.29, 0.717) is 0 Å². The maximum atomic E-state index is 4.39. The van der Waals surface area contributed by atoms with Gasteiger partial charge in [0.1, 0.15) is 0 Å². The summed E-state index contributed by atoms with van der Waals surface area (Å²) in [7, 11) is 0. The third-order valence-corrected chi connectivity index (χ3v) is 2.79. The van der Waals surface area contributed by atoms with Crippen LogP contribution in [0.5, 0.6) is 0 Å². The zero-order valence-electron chi connectivity index (χ0n) is 8.03. The van der Waals surface area contributed by atoms with Crippen LogP contribution in [-0.2, 0) is 0 Å². The predicted molar refractivity (Wildman–Crippen MR) is 63.6 cm³/mol. The molecule has 0 aliphatic carbocycles. The van der Waals surface area contributed by atoms with Gasteiger partial charge < -0.3 is 0 Å². The zero-order chi connectivity index (χ0) is 10.1. The molecule has 0 unspecified atom stereocenters. The van der Waals surface area contributed by atoms with Crippen LogP contribution in [0.15, 0.2) is 24.4 Å². The van der Waals surface area contributed by atoms with E-state index < -0.39 is 0 Å². The lowest BCUT2D eigenvalue weighted by Gasteiger charge is -2.04. The van der Waals surface area contributed by atoms with Crippen molar-refractivity contribution in [3.8, 4) is 5.82 Å². The summed E-state index contributed by atoms with van der Waals surface area (Å²) >= 11 is 2.27. The molecule has 0 aliphatic heterocycles. The minimum absolute atomic E-state index is 0.902. The number of nitrogens with zero attached hydrogens (tertiary/aromatic N) is 3. The van der Waals surface area contributed by atoms with Gasteiger partial charge in [-0.25, -0.2) is 9.67 Å². The highest BCUT2D eigenvalue weighted by atomic mass is 127. The van der Waals surface area contributed by atoms with Crippen molar-refractivity contribution in [1.29, 1.82) is 0 Å². The van der Waals surface area contributed by atoms with Gasteiger partial charge in [0.05, 0.1) is 9.26 Å². The van der Waals surface area contributed by atoms with Crippen molar-refractivity contribution in [3.63, 3.8) is 0 Å². The van der Waals surface area contributed by atoms with Gasteiger partial charge in [-0.1, -0.05) is 0 Å². The molecule has 2 heterocycles. The molecule has 0 atom stereocenters. The first-order valence-electron chi connectivity index (χ1n) is 4.32. The summed E-state index contributed by atoms with van der Waals surface area (Å²) in [6.07, 6.45) is 1.79. The Morgan fingerprint density at radius 2 is 2.14 bits per heavy atom.